The molecule has 2 rings (SSSR count). The third kappa shape index (κ3) is 2.14. The van der Waals surface area contributed by atoms with Gasteiger partial charge in [0.05, 0.1) is 19.8 Å². The molecule has 0 aliphatic carbocycles. The average molecular weight is 248 g/mol. The number of nitrogens with one attached hydrogen (secondary N) is 1. The van der Waals surface area contributed by atoms with Crippen molar-refractivity contribution in [3.63, 3.8) is 0 Å². The molecule has 1 aromatic carbocycles. The molecule has 0 spiro atoms. The van der Waals surface area contributed by atoms with Crippen LogP contribution in [0.2, 0.25) is 0 Å². The summed E-state index contributed by atoms with van der Waals surface area (Å²) in [6.45, 7) is 0. The molecule has 0 atom stereocenters. The fraction of sp³-hybridized carbons (Fsp3) is 0.167. The quantitative estimate of drug-likeness (QED) is 0.848. The van der Waals surface area contributed by atoms with Gasteiger partial charge in [0.25, 0.3) is 0 Å². The lowest BCUT2D eigenvalue weighted by molar-refractivity contribution is 0.397. The summed E-state index contributed by atoms with van der Waals surface area (Å²) >= 11 is 5.22. The summed E-state index contributed by atoms with van der Waals surface area (Å²) < 4.78 is 11.2. The number of ether oxygens (including phenoxy) is 2. The van der Waals surface area contributed by atoms with E-state index in [2.05, 4.69) is 9.97 Å². The van der Waals surface area contributed by atoms with Crippen molar-refractivity contribution >= 4 is 12.2 Å². The fourth-order valence-electron chi connectivity index (χ4n) is 1.61. The van der Waals surface area contributed by atoms with E-state index in [0.29, 0.717) is 21.8 Å². The third-order valence-electron chi connectivity index (χ3n) is 2.37. The van der Waals surface area contributed by atoms with E-state index >= 15 is 0 Å². The van der Waals surface area contributed by atoms with Gasteiger partial charge in [-0.05, 0) is 12.1 Å². The van der Waals surface area contributed by atoms with Gasteiger partial charge in [-0.1, -0.05) is 18.3 Å². The number of hydrogen-bond acceptors (Lipinski definition) is 4. The Morgan fingerprint density at radius 1 is 1.18 bits per heavy atom. The Bertz CT molecular complexity index is 558. The third-order valence-corrected chi connectivity index (χ3v) is 2.68. The van der Waals surface area contributed by atoms with Crippen molar-refractivity contribution in [1.29, 1.82) is 0 Å². The van der Waals surface area contributed by atoms with Gasteiger partial charge in [-0.25, -0.2) is 0 Å². The minimum atomic E-state index is 0.551. The number of H-pyrrole nitrogens is 1. The molecule has 0 bridgehead atoms. The SMILES string of the molecule is COc1cccc(OC)c1-c1ncc[nH]c1=S. The van der Waals surface area contributed by atoms with Crippen LogP contribution in [0.1, 0.15) is 0 Å². The summed E-state index contributed by atoms with van der Waals surface area (Å²) in [5.41, 5.74) is 1.41. The van der Waals surface area contributed by atoms with Crippen LogP contribution in [0.4, 0.5) is 0 Å². The second kappa shape index (κ2) is 4.97. The highest BCUT2D eigenvalue weighted by atomic mass is 32.1. The second-order valence-corrected chi connectivity index (χ2v) is 3.71. The first-order valence-corrected chi connectivity index (χ1v) is 5.43. The van der Waals surface area contributed by atoms with Crippen molar-refractivity contribution < 1.29 is 9.47 Å². The van der Waals surface area contributed by atoms with Crippen molar-refractivity contribution in [2.24, 2.45) is 0 Å². The zero-order chi connectivity index (χ0) is 12.3. The van der Waals surface area contributed by atoms with Gasteiger partial charge >= 0.3 is 0 Å². The first-order valence-electron chi connectivity index (χ1n) is 5.03. The summed E-state index contributed by atoms with van der Waals surface area (Å²) in [5, 5.41) is 0. The maximum Gasteiger partial charge on any atom is 0.132 e. The molecule has 0 saturated carbocycles. The molecule has 0 radical (unpaired) electrons. The maximum atomic E-state index is 5.32. The minimum absolute atomic E-state index is 0.551. The van der Waals surface area contributed by atoms with Gasteiger partial charge in [0.15, 0.2) is 0 Å². The predicted octanol–water partition coefficient (Wildman–Crippen LogP) is 2.82. The molecule has 88 valence electrons. The van der Waals surface area contributed by atoms with Gasteiger partial charge in [-0.3, -0.25) is 4.98 Å². The van der Waals surface area contributed by atoms with E-state index in [1.165, 1.54) is 0 Å². The Kier molecular flexibility index (Phi) is 3.39. The highest BCUT2D eigenvalue weighted by Gasteiger charge is 2.14. The first kappa shape index (κ1) is 11.6. The number of hydrogen-bond donors (Lipinski definition) is 1. The summed E-state index contributed by atoms with van der Waals surface area (Å²) in [7, 11) is 3.21. The van der Waals surface area contributed by atoms with Crippen LogP contribution in [0.25, 0.3) is 11.3 Å². The maximum absolute atomic E-state index is 5.32. The molecule has 17 heavy (non-hydrogen) atoms. The van der Waals surface area contributed by atoms with Gasteiger partial charge in [0.1, 0.15) is 21.8 Å². The summed E-state index contributed by atoms with van der Waals surface area (Å²) in [5.74, 6) is 1.37. The van der Waals surface area contributed by atoms with E-state index in [0.717, 1.165) is 5.56 Å². The molecular weight excluding hydrogens is 236 g/mol. The number of aromatic amines is 1. The van der Waals surface area contributed by atoms with Crippen LogP contribution in [0.3, 0.4) is 0 Å². The van der Waals surface area contributed by atoms with E-state index in [1.54, 1.807) is 26.6 Å². The first-order chi connectivity index (χ1) is 8.27. The van der Waals surface area contributed by atoms with Crippen LogP contribution in [-0.4, -0.2) is 24.2 Å². The minimum Gasteiger partial charge on any atom is -0.496 e. The fourth-order valence-corrected chi connectivity index (χ4v) is 1.84. The topological polar surface area (TPSA) is 47.1 Å². The zero-order valence-electron chi connectivity index (χ0n) is 9.56. The number of aromatic nitrogens is 2. The monoisotopic (exact) mass is 248 g/mol. The lowest BCUT2D eigenvalue weighted by atomic mass is 10.1. The molecule has 5 heteroatoms. The van der Waals surface area contributed by atoms with Gasteiger partial charge in [0.2, 0.25) is 0 Å². The molecule has 0 unspecified atom stereocenters. The molecular formula is C12H12N2O2S. The Hall–Kier alpha value is -1.88. The Morgan fingerprint density at radius 2 is 1.82 bits per heavy atom. The summed E-state index contributed by atoms with van der Waals surface area (Å²) in [4.78, 5) is 7.21. The van der Waals surface area contributed by atoms with E-state index in [4.69, 9.17) is 21.7 Å². The van der Waals surface area contributed by atoms with E-state index < -0.39 is 0 Å². The summed E-state index contributed by atoms with van der Waals surface area (Å²) in [6, 6.07) is 5.56. The molecule has 0 aliphatic rings. The van der Waals surface area contributed by atoms with Gasteiger partial charge in [-0.2, -0.15) is 0 Å². The van der Waals surface area contributed by atoms with E-state index in [9.17, 15) is 0 Å². The van der Waals surface area contributed by atoms with Crippen molar-refractivity contribution in [2.45, 2.75) is 0 Å². The second-order valence-electron chi connectivity index (χ2n) is 3.30. The number of methoxy groups -OCH3 is 2. The van der Waals surface area contributed by atoms with Crippen LogP contribution in [-0.2, 0) is 0 Å². The molecule has 0 aliphatic heterocycles. The van der Waals surface area contributed by atoms with Crippen molar-refractivity contribution in [3.8, 4) is 22.8 Å². The molecule has 1 N–H and O–H groups in total. The highest BCUT2D eigenvalue weighted by Crippen LogP contribution is 2.37. The van der Waals surface area contributed by atoms with E-state index in [-0.39, 0.29) is 0 Å². The predicted molar refractivity (Wildman–Crippen MR) is 68.0 cm³/mol. The standard InChI is InChI=1S/C12H12N2O2S/c1-15-8-4-3-5-9(16-2)10(8)11-12(17)14-7-6-13-11/h3-7H,1-2H3,(H,14,17). The normalized spacial score (nSPS) is 10.0. The average Bonchev–Trinajstić information content (AvgIpc) is 2.38. The Labute approximate surface area is 104 Å². The smallest absolute Gasteiger partial charge is 0.132 e. The number of nitrogens with zero attached hydrogens (tertiary/aromatic N) is 1. The van der Waals surface area contributed by atoms with E-state index in [1.807, 2.05) is 18.2 Å². The Morgan fingerprint density at radius 3 is 2.35 bits per heavy atom. The van der Waals surface area contributed by atoms with Gasteiger partial charge in [-0.15, -0.1) is 0 Å². The number of rotatable bonds is 3. The van der Waals surface area contributed by atoms with Crippen LogP contribution in [0.5, 0.6) is 11.5 Å². The van der Waals surface area contributed by atoms with Crippen LogP contribution in [0, 0.1) is 4.64 Å². The van der Waals surface area contributed by atoms with Crippen molar-refractivity contribution in [1.82, 2.24) is 9.97 Å². The molecule has 1 heterocycles. The number of benzene rings is 1. The van der Waals surface area contributed by atoms with Crippen LogP contribution < -0.4 is 9.47 Å². The van der Waals surface area contributed by atoms with Gasteiger partial charge in [0, 0.05) is 12.4 Å². The van der Waals surface area contributed by atoms with Crippen molar-refractivity contribution in [3.05, 3.63) is 35.2 Å². The molecule has 0 amide bonds. The molecule has 2 aromatic rings. The van der Waals surface area contributed by atoms with Crippen molar-refractivity contribution in [2.75, 3.05) is 14.2 Å². The van der Waals surface area contributed by atoms with Crippen LogP contribution in [0.15, 0.2) is 30.6 Å². The molecule has 1 aromatic heterocycles. The Balaban J connectivity index is 2.73. The zero-order valence-corrected chi connectivity index (χ0v) is 10.4. The molecule has 4 nitrogen and oxygen atoms in total. The molecule has 0 fully saturated rings. The molecule has 0 saturated heterocycles. The lowest BCUT2D eigenvalue weighted by Gasteiger charge is -2.12. The van der Waals surface area contributed by atoms with Gasteiger partial charge < -0.3 is 14.5 Å². The lowest BCUT2D eigenvalue weighted by Crippen LogP contribution is -1.95. The summed E-state index contributed by atoms with van der Waals surface area (Å²) in [6.07, 6.45) is 3.34. The van der Waals surface area contributed by atoms with Crippen LogP contribution >= 0.6 is 12.2 Å². The largest absolute Gasteiger partial charge is 0.496 e. The highest BCUT2D eigenvalue weighted by molar-refractivity contribution is 7.71.